The second-order valence-electron chi connectivity index (χ2n) is 3.05. The first-order valence-electron chi connectivity index (χ1n) is 4.21. The second kappa shape index (κ2) is 4.41. The lowest BCUT2D eigenvalue weighted by Crippen LogP contribution is -2.15. The summed E-state index contributed by atoms with van der Waals surface area (Å²) >= 11 is 0. The van der Waals surface area contributed by atoms with Crippen molar-refractivity contribution in [3.05, 3.63) is 30.1 Å². The van der Waals surface area contributed by atoms with Crippen molar-refractivity contribution in [1.82, 2.24) is 4.98 Å². The number of pyridine rings is 1. The van der Waals surface area contributed by atoms with Gasteiger partial charge < -0.3 is 5.73 Å². The molecule has 1 atom stereocenters. The smallest absolute Gasteiger partial charge is 0.324 e. The van der Waals surface area contributed by atoms with Gasteiger partial charge in [0.15, 0.2) is 0 Å². The van der Waals surface area contributed by atoms with Crippen LogP contribution in [0.4, 0.5) is 13.2 Å². The highest BCUT2D eigenvalue weighted by Gasteiger charge is 2.27. The van der Waals surface area contributed by atoms with Crippen molar-refractivity contribution in [2.24, 2.45) is 5.73 Å². The standard InChI is InChI=1S/C9H11F3N2/c10-9(11,12)4-3-8(13)7-2-1-5-14-6-7/h1-2,5-6,8H,3-4,13H2. The van der Waals surface area contributed by atoms with Crippen LogP contribution in [-0.4, -0.2) is 11.2 Å². The third-order valence-corrected chi connectivity index (χ3v) is 1.85. The molecule has 1 rings (SSSR count). The second-order valence-corrected chi connectivity index (χ2v) is 3.05. The van der Waals surface area contributed by atoms with E-state index in [0.29, 0.717) is 5.56 Å². The average Bonchev–Trinajstić information content (AvgIpc) is 2.14. The minimum absolute atomic E-state index is 0.102. The lowest BCUT2D eigenvalue weighted by atomic mass is 10.1. The number of halogens is 3. The molecule has 5 heteroatoms. The van der Waals surface area contributed by atoms with Crippen molar-refractivity contribution in [2.45, 2.75) is 25.1 Å². The van der Waals surface area contributed by atoms with Crippen LogP contribution in [0.25, 0.3) is 0 Å². The van der Waals surface area contributed by atoms with E-state index in [1.54, 1.807) is 18.3 Å². The number of rotatable bonds is 3. The highest BCUT2D eigenvalue weighted by atomic mass is 19.4. The molecule has 0 bridgehead atoms. The molecule has 1 unspecified atom stereocenters. The van der Waals surface area contributed by atoms with Crippen LogP contribution in [0.1, 0.15) is 24.4 Å². The van der Waals surface area contributed by atoms with Crippen LogP contribution in [0, 0.1) is 0 Å². The summed E-state index contributed by atoms with van der Waals surface area (Å²) in [5, 5.41) is 0. The van der Waals surface area contributed by atoms with Gasteiger partial charge in [-0.3, -0.25) is 4.98 Å². The normalized spacial score (nSPS) is 14.0. The monoisotopic (exact) mass is 204 g/mol. The van der Waals surface area contributed by atoms with Crippen LogP contribution in [0.2, 0.25) is 0 Å². The number of alkyl halides is 3. The number of nitrogens with two attached hydrogens (primary N) is 1. The maximum Gasteiger partial charge on any atom is 0.389 e. The first-order valence-corrected chi connectivity index (χ1v) is 4.21. The molecule has 0 saturated carbocycles. The van der Waals surface area contributed by atoms with Gasteiger partial charge in [0.1, 0.15) is 0 Å². The van der Waals surface area contributed by atoms with E-state index in [-0.39, 0.29) is 6.42 Å². The van der Waals surface area contributed by atoms with Gasteiger partial charge in [0.2, 0.25) is 0 Å². The minimum atomic E-state index is -4.14. The fourth-order valence-electron chi connectivity index (χ4n) is 1.08. The Morgan fingerprint density at radius 1 is 1.43 bits per heavy atom. The zero-order valence-electron chi connectivity index (χ0n) is 7.46. The van der Waals surface area contributed by atoms with Crippen molar-refractivity contribution in [1.29, 1.82) is 0 Å². The molecule has 0 aliphatic heterocycles. The van der Waals surface area contributed by atoms with Gasteiger partial charge in [-0.25, -0.2) is 0 Å². The van der Waals surface area contributed by atoms with Crippen LogP contribution in [0.5, 0.6) is 0 Å². The third-order valence-electron chi connectivity index (χ3n) is 1.85. The van der Waals surface area contributed by atoms with Crippen molar-refractivity contribution in [2.75, 3.05) is 0 Å². The molecule has 0 saturated heterocycles. The molecule has 78 valence electrons. The van der Waals surface area contributed by atoms with E-state index >= 15 is 0 Å². The molecule has 1 aromatic heterocycles. The fraction of sp³-hybridized carbons (Fsp3) is 0.444. The molecule has 1 aromatic rings. The first-order chi connectivity index (χ1) is 6.49. The summed E-state index contributed by atoms with van der Waals surface area (Å²) in [6.45, 7) is 0. The Morgan fingerprint density at radius 3 is 2.64 bits per heavy atom. The number of hydrogen-bond acceptors (Lipinski definition) is 2. The predicted octanol–water partition coefficient (Wildman–Crippen LogP) is 2.42. The lowest BCUT2D eigenvalue weighted by molar-refractivity contribution is -0.136. The summed E-state index contributed by atoms with van der Waals surface area (Å²) in [4.78, 5) is 3.79. The lowest BCUT2D eigenvalue weighted by Gasteiger charge is -2.12. The van der Waals surface area contributed by atoms with Crippen molar-refractivity contribution >= 4 is 0 Å². The van der Waals surface area contributed by atoms with E-state index in [0.717, 1.165) is 0 Å². The fourth-order valence-corrected chi connectivity index (χ4v) is 1.08. The van der Waals surface area contributed by atoms with Crippen LogP contribution < -0.4 is 5.73 Å². The molecule has 0 aliphatic rings. The molecule has 1 heterocycles. The zero-order chi connectivity index (χ0) is 10.6. The van der Waals surface area contributed by atoms with E-state index in [1.807, 2.05) is 0 Å². The van der Waals surface area contributed by atoms with Gasteiger partial charge in [0.05, 0.1) is 0 Å². The van der Waals surface area contributed by atoms with Crippen LogP contribution in [0.3, 0.4) is 0 Å². The van der Waals surface area contributed by atoms with Gasteiger partial charge >= 0.3 is 6.18 Å². The first kappa shape index (κ1) is 11.0. The third kappa shape index (κ3) is 3.74. The maximum atomic E-state index is 11.9. The average molecular weight is 204 g/mol. The molecule has 0 aromatic carbocycles. The highest BCUT2D eigenvalue weighted by Crippen LogP contribution is 2.25. The van der Waals surface area contributed by atoms with Gasteiger partial charge in [-0.05, 0) is 18.1 Å². The highest BCUT2D eigenvalue weighted by molar-refractivity contribution is 5.12. The van der Waals surface area contributed by atoms with Gasteiger partial charge in [-0.2, -0.15) is 13.2 Å². The van der Waals surface area contributed by atoms with E-state index in [9.17, 15) is 13.2 Å². The number of aromatic nitrogens is 1. The van der Waals surface area contributed by atoms with Crippen LogP contribution >= 0.6 is 0 Å². The molecule has 0 radical (unpaired) electrons. The summed E-state index contributed by atoms with van der Waals surface area (Å²) in [6, 6.07) is 2.74. The van der Waals surface area contributed by atoms with Crippen LogP contribution in [0.15, 0.2) is 24.5 Å². The predicted molar refractivity (Wildman–Crippen MR) is 46.5 cm³/mol. The molecular weight excluding hydrogens is 193 g/mol. The van der Waals surface area contributed by atoms with Crippen LogP contribution in [-0.2, 0) is 0 Å². The summed E-state index contributed by atoms with van der Waals surface area (Å²) in [5.74, 6) is 0. The zero-order valence-corrected chi connectivity index (χ0v) is 7.46. The quantitative estimate of drug-likeness (QED) is 0.821. The molecular formula is C9H11F3N2. The Kier molecular flexibility index (Phi) is 3.46. The van der Waals surface area contributed by atoms with E-state index in [2.05, 4.69) is 4.98 Å². The largest absolute Gasteiger partial charge is 0.389 e. The Balaban J connectivity index is 2.48. The molecule has 0 aliphatic carbocycles. The summed E-state index contributed by atoms with van der Waals surface area (Å²) in [6.07, 6.45) is -2.06. The molecule has 14 heavy (non-hydrogen) atoms. The summed E-state index contributed by atoms with van der Waals surface area (Å²) < 4.78 is 35.6. The van der Waals surface area contributed by atoms with Crippen molar-refractivity contribution in [3.63, 3.8) is 0 Å². The van der Waals surface area contributed by atoms with Gasteiger partial charge in [-0.1, -0.05) is 6.07 Å². The Bertz CT molecular complexity index is 271. The Morgan fingerprint density at radius 2 is 2.14 bits per heavy atom. The summed E-state index contributed by atoms with van der Waals surface area (Å²) in [7, 11) is 0. The van der Waals surface area contributed by atoms with Crippen molar-refractivity contribution in [3.8, 4) is 0 Å². The molecule has 2 nitrogen and oxygen atoms in total. The Hall–Kier alpha value is -1.10. The Labute approximate surface area is 79.9 Å². The maximum absolute atomic E-state index is 11.9. The topological polar surface area (TPSA) is 38.9 Å². The molecule has 0 fully saturated rings. The van der Waals surface area contributed by atoms with E-state index in [1.165, 1.54) is 6.20 Å². The van der Waals surface area contributed by atoms with Gasteiger partial charge in [0.25, 0.3) is 0 Å². The molecule has 0 amide bonds. The minimum Gasteiger partial charge on any atom is -0.324 e. The number of hydrogen-bond donors (Lipinski definition) is 1. The molecule has 2 N–H and O–H groups in total. The summed E-state index contributed by atoms with van der Waals surface area (Å²) in [5.41, 5.74) is 6.20. The van der Waals surface area contributed by atoms with E-state index < -0.39 is 18.6 Å². The molecule has 0 spiro atoms. The van der Waals surface area contributed by atoms with E-state index in [4.69, 9.17) is 5.73 Å². The number of nitrogens with zero attached hydrogens (tertiary/aromatic N) is 1. The van der Waals surface area contributed by atoms with Gasteiger partial charge in [0, 0.05) is 24.9 Å². The van der Waals surface area contributed by atoms with Crippen molar-refractivity contribution < 1.29 is 13.2 Å². The SMILES string of the molecule is NC(CCC(F)(F)F)c1cccnc1. The van der Waals surface area contributed by atoms with Gasteiger partial charge in [-0.15, -0.1) is 0 Å².